The van der Waals surface area contributed by atoms with E-state index in [4.69, 9.17) is 0 Å². The molecule has 0 aliphatic heterocycles. The van der Waals surface area contributed by atoms with Crippen LogP contribution >= 0.6 is 11.8 Å². The van der Waals surface area contributed by atoms with E-state index in [1.807, 2.05) is 61.5 Å². The van der Waals surface area contributed by atoms with Gasteiger partial charge in [0.05, 0.1) is 4.92 Å². The Balaban J connectivity index is 1.75. The molecule has 0 aliphatic carbocycles. The lowest BCUT2D eigenvalue weighted by Crippen LogP contribution is -2.19. The Labute approximate surface area is 190 Å². The van der Waals surface area contributed by atoms with Crippen LogP contribution in [0.1, 0.15) is 30.6 Å². The lowest BCUT2D eigenvalue weighted by Gasteiger charge is -2.17. The van der Waals surface area contributed by atoms with Gasteiger partial charge < -0.3 is 10.6 Å². The molecule has 0 fully saturated rings. The van der Waals surface area contributed by atoms with Gasteiger partial charge in [-0.15, -0.1) is 11.8 Å². The standard InChI is InChI=1S/C24H23N3O4S/c1-2-6-22(28)25-18-11-15-21(16-12-18)32-23(17-7-4-3-5-8-17)24(29)26-19-9-13-20(14-10-19)27(30)31/h3-5,7-16,23H,2,6H2,1H3,(H,25,28)(H,26,29). The second-order valence-electron chi connectivity index (χ2n) is 7.02. The van der Waals surface area contributed by atoms with Crippen molar-refractivity contribution in [3.8, 4) is 0 Å². The first-order chi connectivity index (χ1) is 15.5. The summed E-state index contributed by atoms with van der Waals surface area (Å²) in [6.07, 6.45) is 1.25. The molecule has 0 saturated carbocycles. The smallest absolute Gasteiger partial charge is 0.269 e. The number of carbonyl (C=O) groups is 2. The summed E-state index contributed by atoms with van der Waals surface area (Å²) in [5.41, 5.74) is 1.98. The fraction of sp³-hybridized carbons (Fsp3) is 0.167. The highest BCUT2D eigenvalue weighted by atomic mass is 32.2. The maximum atomic E-state index is 13.1. The van der Waals surface area contributed by atoms with Crippen LogP contribution in [0, 0.1) is 10.1 Å². The Hall–Kier alpha value is -3.65. The van der Waals surface area contributed by atoms with E-state index in [-0.39, 0.29) is 17.5 Å². The largest absolute Gasteiger partial charge is 0.326 e. The molecule has 2 N–H and O–H groups in total. The van der Waals surface area contributed by atoms with E-state index in [9.17, 15) is 19.7 Å². The number of amides is 2. The van der Waals surface area contributed by atoms with Gasteiger partial charge in [-0.3, -0.25) is 19.7 Å². The Morgan fingerprint density at radius 2 is 1.50 bits per heavy atom. The minimum atomic E-state index is -0.535. The van der Waals surface area contributed by atoms with Crippen molar-refractivity contribution >= 4 is 40.6 Å². The van der Waals surface area contributed by atoms with Crippen LogP contribution in [0.2, 0.25) is 0 Å². The molecule has 3 aromatic rings. The summed E-state index contributed by atoms with van der Waals surface area (Å²) in [6, 6.07) is 22.5. The highest BCUT2D eigenvalue weighted by Crippen LogP contribution is 2.36. The third kappa shape index (κ3) is 6.42. The van der Waals surface area contributed by atoms with Crippen LogP contribution in [0.5, 0.6) is 0 Å². The van der Waals surface area contributed by atoms with Gasteiger partial charge in [-0.1, -0.05) is 37.3 Å². The number of nitro groups is 1. The maximum absolute atomic E-state index is 13.1. The summed E-state index contributed by atoms with van der Waals surface area (Å²) >= 11 is 1.38. The van der Waals surface area contributed by atoms with Crippen molar-refractivity contribution in [2.75, 3.05) is 10.6 Å². The predicted molar refractivity (Wildman–Crippen MR) is 127 cm³/mol. The summed E-state index contributed by atoms with van der Waals surface area (Å²) in [5, 5.41) is 16.0. The average molecular weight is 450 g/mol. The number of hydrogen-bond acceptors (Lipinski definition) is 5. The van der Waals surface area contributed by atoms with Crippen LogP contribution in [-0.4, -0.2) is 16.7 Å². The van der Waals surface area contributed by atoms with Crippen LogP contribution < -0.4 is 10.6 Å². The van der Waals surface area contributed by atoms with Crippen molar-refractivity contribution < 1.29 is 14.5 Å². The van der Waals surface area contributed by atoms with E-state index >= 15 is 0 Å². The molecule has 0 spiro atoms. The first-order valence-corrected chi connectivity index (χ1v) is 11.0. The van der Waals surface area contributed by atoms with Gasteiger partial charge in [0.2, 0.25) is 11.8 Å². The molecule has 1 atom stereocenters. The van der Waals surface area contributed by atoms with E-state index in [1.165, 1.54) is 36.0 Å². The van der Waals surface area contributed by atoms with Crippen LogP contribution in [0.25, 0.3) is 0 Å². The molecule has 8 heteroatoms. The fourth-order valence-corrected chi connectivity index (χ4v) is 4.00. The summed E-state index contributed by atoms with van der Waals surface area (Å²) in [7, 11) is 0. The topological polar surface area (TPSA) is 101 Å². The van der Waals surface area contributed by atoms with Crippen LogP contribution in [0.15, 0.2) is 83.8 Å². The molecule has 3 aromatic carbocycles. The molecular formula is C24H23N3O4S. The third-order valence-electron chi connectivity index (χ3n) is 4.56. The summed E-state index contributed by atoms with van der Waals surface area (Å²) in [5.74, 6) is -0.270. The molecule has 32 heavy (non-hydrogen) atoms. The van der Waals surface area contributed by atoms with Gasteiger partial charge in [-0.25, -0.2) is 0 Å². The van der Waals surface area contributed by atoms with E-state index in [0.29, 0.717) is 17.8 Å². The number of thioether (sulfide) groups is 1. The number of nitrogens with one attached hydrogen (secondary N) is 2. The zero-order valence-corrected chi connectivity index (χ0v) is 18.3. The SMILES string of the molecule is CCCC(=O)Nc1ccc(SC(C(=O)Nc2ccc([N+](=O)[O-])cc2)c2ccccc2)cc1. The number of nitro benzene ring substituents is 1. The molecular weight excluding hydrogens is 426 g/mol. The summed E-state index contributed by atoms with van der Waals surface area (Å²) < 4.78 is 0. The van der Waals surface area contributed by atoms with Crippen LogP contribution in [-0.2, 0) is 9.59 Å². The van der Waals surface area contributed by atoms with Gasteiger partial charge in [-0.2, -0.15) is 0 Å². The second kappa shape index (κ2) is 11.1. The maximum Gasteiger partial charge on any atom is 0.269 e. The van der Waals surface area contributed by atoms with Crippen molar-refractivity contribution in [1.29, 1.82) is 0 Å². The molecule has 3 rings (SSSR count). The molecule has 0 heterocycles. The third-order valence-corrected chi connectivity index (χ3v) is 5.82. The number of carbonyl (C=O) groups excluding carboxylic acids is 2. The van der Waals surface area contributed by atoms with Crippen molar-refractivity contribution in [3.05, 3.63) is 94.5 Å². The Morgan fingerprint density at radius 1 is 0.906 bits per heavy atom. The number of nitrogens with zero attached hydrogens (tertiary/aromatic N) is 1. The lowest BCUT2D eigenvalue weighted by atomic mass is 10.1. The molecule has 7 nitrogen and oxygen atoms in total. The number of anilines is 2. The van der Waals surface area contributed by atoms with E-state index in [1.54, 1.807) is 0 Å². The summed E-state index contributed by atoms with van der Waals surface area (Å²) in [6.45, 7) is 1.95. The molecule has 164 valence electrons. The number of benzene rings is 3. The molecule has 0 saturated heterocycles. The van der Waals surface area contributed by atoms with E-state index in [0.717, 1.165) is 16.9 Å². The first-order valence-electron chi connectivity index (χ1n) is 10.1. The van der Waals surface area contributed by atoms with Crippen LogP contribution in [0.4, 0.5) is 17.1 Å². The number of rotatable bonds is 9. The monoisotopic (exact) mass is 449 g/mol. The Kier molecular flexibility index (Phi) is 7.99. The lowest BCUT2D eigenvalue weighted by molar-refractivity contribution is -0.384. The van der Waals surface area contributed by atoms with Gasteiger partial charge in [0.25, 0.3) is 5.69 Å². The quantitative estimate of drug-likeness (QED) is 0.244. The molecule has 0 aliphatic rings. The average Bonchev–Trinajstić information content (AvgIpc) is 2.79. The first kappa shape index (κ1) is 23.0. The van der Waals surface area contributed by atoms with Crippen molar-refractivity contribution in [1.82, 2.24) is 0 Å². The minimum Gasteiger partial charge on any atom is -0.326 e. The Bertz CT molecular complexity index is 1070. The zero-order valence-electron chi connectivity index (χ0n) is 17.5. The number of non-ortho nitro benzene ring substituents is 1. The number of hydrogen-bond donors (Lipinski definition) is 2. The highest BCUT2D eigenvalue weighted by molar-refractivity contribution is 8.00. The van der Waals surface area contributed by atoms with Crippen molar-refractivity contribution in [2.24, 2.45) is 0 Å². The fourth-order valence-electron chi connectivity index (χ4n) is 2.98. The zero-order chi connectivity index (χ0) is 22.9. The van der Waals surface area contributed by atoms with Gasteiger partial charge in [-0.05, 0) is 48.4 Å². The molecule has 2 amide bonds. The van der Waals surface area contributed by atoms with Gasteiger partial charge in [0.1, 0.15) is 5.25 Å². The van der Waals surface area contributed by atoms with Gasteiger partial charge >= 0.3 is 0 Å². The molecule has 0 aromatic heterocycles. The summed E-state index contributed by atoms with van der Waals surface area (Å²) in [4.78, 5) is 36.1. The predicted octanol–water partition coefficient (Wildman–Crippen LogP) is 5.81. The van der Waals surface area contributed by atoms with Crippen molar-refractivity contribution in [2.45, 2.75) is 29.9 Å². The molecule has 0 radical (unpaired) electrons. The highest BCUT2D eigenvalue weighted by Gasteiger charge is 2.22. The van der Waals surface area contributed by atoms with E-state index in [2.05, 4.69) is 10.6 Å². The van der Waals surface area contributed by atoms with Gasteiger partial charge in [0.15, 0.2) is 0 Å². The van der Waals surface area contributed by atoms with Gasteiger partial charge in [0, 0.05) is 34.8 Å². The van der Waals surface area contributed by atoms with E-state index < -0.39 is 10.2 Å². The minimum absolute atomic E-state index is 0.0301. The Morgan fingerprint density at radius 3 is 2.09 bits per heavy atom. The normalized spacial score (nSPS) is 11.4. The second-order valence-corrected chi connectivity index (χ2v) is 8.20. The molecule has 0 bridgehead atoms. The molecule has 1 unspecified atom stereocenters. The van der Waals surface area contributed by atoms with Crippen LogP contribution in [0.3, 0.4) is 0 Å². The van der Waals surface area contributed by atoms with Crippen molar-refractivity contribution in [3.63, 3.8) is 0 Å².